The molecule has 0 heterocycles. The van der Waals surface area contributed by atoms with Gasteiger partial charge in [-0.1, -0.05) is 47.5 Å². The van der Waals surface area contributed by atoms with Crippen molar-refractivity contribution in [2.45, 2.75) is 25.3 Å². The Hall–Kier alpha value is -1.02. The van der Waals surface area contributed by atoms with Gasteiger partial charge in [-0.3, -0.25) is 0 Å². The first-order chi connectivity index (χ1) is 9.06. The minimum Gasteiger partial charge on any atom is -0.327 e. The summed E-state index contributed by atoms with van der Waals surface area (Å²) in [5.41, 5.74) is 8.53. The largest absolute Gasteiger partial charge is 0.327 e. The van der Waals surface area contributed by atoms with E-state index in [0.717, 1.165) is 16.5 Å². The second kappa shape index (κ2) is 6.42. The zero-order valence-electron chi connectivity index (χ0n) is 10.8. The van der Waals surface area contributed by atoms with E-state index in [1.807, 2.05) is 49.4 Å². The second-order valence-electron chi connectivity index (χ2n) is 4.85. The highest BCUT2D eigenvalue weighted by atomic mass is 35.5. The lowest BCUT2D eigenvalue weighted by atomic mass is 9.87. The van der Waals surface area contributed by atoms with Gasteiger partial charge in [0, 0.05) is 22.0 Å². The molecule has 0 fully saturated rings. The Morgan fingerprint density at radius 1 is 1.00 bits per heavy atom. The third-order valence-corrected chi connectivity index (χ3v) is 3.76. The summed E-state index contributed by atoms with van der Waals surface area (Å²) in [6.45, 7) is 2.03. The summed E-state index contributed by atoms with van der Waals surface area (Å²) in [5.74, 6) is 0.260. The Bertz CT molecular complexity index is 535. The predicted octanol–water partition coefficient (Wildman–Crippen LogP) is 4.67. The summed E-state index contributed by atoms with van der Waals surface area (Å²) in [6, 6.07) is 15.9. The van der Waals surface area contributed by atoms with Crippen molar-refractivity contribution in [3.8, 4) is 0 Å². The normalized spacial score (nSPS) is 14.1. The van der Waals surface area contributed by atoms with Gasteiger partial charge in [0.05, 0.1) is 0 Å². The molecule has 0 bridgehead atoms. The maximum atomic E-state index is 6.13. The van der Waals surface area contributed by atoms with Crippen LogP contribution < -0.4 is 5.73 Å². The van der Waals surface area contributed by atoms with Crippen LogP contribution in [-0.2, 0) is 6.42 Å². The molecule has 0 saturated carbocycles. The summed E-state index contributed by atoms with van der Waals surface area (Å²) in [7, 11) is 0. The fraction of sp³-hybridized carbons (Fsp3) is 0.250. The van der Waals surface area contributed by atoms with Crippen molar-refractivity contribution in [1.82, 2.24) is 0 Å². The molecule has 2 rings (SSSR count). The minimum atomic E-state index is 0.0696. The SMILES string of the molecule is CC(N)C(Cc1cccc(Cl)c1)c1ccc(Cl)cc1. The molecule has 0 aliphatic carbocycles. The lowest BCUT2D eigenvalue weighted by molar-refractivity contribution is 0.565. The van der Waals surface area contributed by atoms with Crippen molar-refractivity contribution in [1.29, 1.82) is 0 Å². The number of nitrogens with two attached hydrogens (primary N) is 1. The Morgan fingerprint density at radius 2 is 1.68 bits per heavy atom. The summed E-state index contributed by atoms with van der Waals surface area (Å²) >= 11 is 12.0. The molecule has 1 nitrogen and oxygen atoms in total. The zero-order chi connectivity index (χ0) is 13.8. The molecule has 0 aliphatic rings. The van der Waals surface area contributed by atoms with Crippen molar-refractivity contribution >= 4 is 23.2 Å². The van der Waals surface area contributed by atoms with Gasteiger partial charge >= 0.3 is 0 Å². The predicted molar refractivity (Wildman–Crippen MR) is 83.0 cm³/mol. The topological polar surface area (TPSA) is 26.0 Å². The molecular weight excluding hydrogens is 277 g/mol. The fourth-order valence-corrected chi connectivity index (χ4v) is 2.57. The first-order valence-corrected chi connectivity index (χ1v) is 7.07. The molecule has 0 amide bonds. The minimum absolute atomic E-state index is 0.0696. The highest BCUT2D eigenvalue weighted by Crippen LogP contribution is 2.26. The van der Waals surface area contributed by atoms with E-state index in [1.54, 1.807) is 0 Å². The molecule has 2 atom stereocenters. The molecule has 2 aromatic rings. The first-order valence-electron chi connectivity index (χ1n) is 6.32. The van der Waals surface area contributed by atoms with Gasteiger partial charge in [-0.2, -0.15) is 0 Å². The summed E-state index contributed by atoms with van der Waals surface area (Å²) in [4.78, 5) is 0. The van der Waals surface area contributed by atoms with E-state index >= 15 is 0 Å². The average Bonchev–Trinajstić information content (AvgIpc) is 2.37. The van der Waals surface area contributed by atoms with E-state index in [9.17, 15) is 0 Å². The maximum Gasteiger partial charge on any atom is 0.0408 e. The summed E-state index contributed by atoms with van der Waals surface area (Å²) in [5, 5.41) is 1.51. The van der Waals surface area contributed by atoms with Crippen LogP contribution >= 0.6 is 23.2 Å². The van der Waals surface area contributed by atoms with Crippen LogP contribution in [0, 0.1) is 0 Å². The van der Waals surface area contributed by atoms with Crippen molar-refractivity contribution in [2.75, 3.05) is 0 Å². The molecule has 2 aromatic carbocycles. The highest BCUT2D eigenvalue weighted by Gasteiger charge is 2.17. The Balaban J connectivity index is 2.23. The third kappa shape index (κ3) is 3.97. The van der Waals surface area contributed by atoms with Gasteiger partial charge in [0.2, 0.25) is 0 Å². The Kier molecular flexibility index (Phi) is 4.87. The highest BCUT2D eigenvalue weighted by molar-refractivity contribution is 6.30. The molecule has 100 valence electrons. The second-order valence-corrected chi connectivity index (χ2v) is 5.72. The van der Waals surface area contributed by atoms with Crippen molar-refractivity contribution < 1.29 is 0 Å². The van der Waals surface area contributed by atoms with Gasteiger partial charge in [0.1, 0.15) is 0 Å². The van der Waals surface area contributed by atoms with Gasteiger partial charge in [0.25, 0.3) is 0 Å². The van der Waals surface area contributed by atoms with Crippen LogP contribution in [0.1, 0.15) is 24.0 Å². The number of halogens is 2. The standard InChI is InChI=1S/C16H17Cl2N/c1-11(19)16(13-5-7-14(17)8-6-13)10-12-3-2-4-15(18)9-12/h2-9,11,16H,10,19H2,1H3. The number of hydrogen-bond donors (Lipinski definition) is 1. The van der Waals surface area contributed by atoms with E-state index in [-0.39, 0.29) is 12.0 Å². The molecule has 3 heteroatoms. The summed E-state index contributed by atoms with van der Waals surface area (Å²) < 4.78 is 0. The molecule has 0 aliphatic heterocycles. The quantitative estimate of drug-likeness (QED) is 0.871. The van der Waals surface area contributed by atoms with Gasteiger partial charge in [-0.25, -0.2) is 0 Å². The van der Waals surface area contributed by atoms with E-state index in [0.29, 0.717) is 0 Å². The van der Waals surface area contributed by atoms with Crippen LogP contribution in [0.4, 0.5) is 0 Å². The van der Waals surface area contributed by atoms with E-state index < -0.39 is 0 Å². The summed E-state index contributed by atoms with van der Waals surface area (Å²) in [6.07, 6.45) is 0.875. The maximum absolute atomic E-state index is 6.13. The van der Waals surface area contributed by atoms with Crippen LogP contribution in [0.15, 0.2) is 48.5 Å². The number of hydrogen-bond acceptors (Lipinski definition) is 1. The van der Waals surface area contributed by atoms with Crippen molar-refractivity contribution in [2.24, 2.45) is 5.73 Å². The van der Waals surface area contributed by atoms with Crippen LogP contribution in [0.5, 0.6) is 0 Å². The van der Waals surface area contributed by atoms with Crippen LogP contribution in [0.25, 0.3) is 0 Å². The number of benzene rings is 2. The smallest absolute Gasteiger partial charge is 0.0408 e. The fourth-order valence-electron chi connectivity index (χ4n) is 2.24. The zero-order valence-corrected chi connectivity index (χ0v) is 12.3. The molecule has 0 saturated heterocycles. The lowest BCUT2D eigenvalue weighted by Gasteiger charge is -2.21. The van der Waals surface area contributed by atoms with E-state index in [1.165, 1.54) is 11.1 Å². The van der Waals surface area contributed by atoms with Gasteiger partial charge in [-0.05, 0) is 48.7 Å². The van der Waals surface area contributed by atoms with Crippen molar-refractivity contribution in [3.05, 3.63) is 69.7 Å². The van der Waals surface area contributed by atoms with Crippen LogP contribution in [-0.4, -0.2) is 6.04 Å². The van der Waals surface area contributed by atoms with E-state index in [4.69, 9.17) is 28.9 Å². The lowest BCUT2D eigenvalue weighted by Crippen LogP contribution is -2.26. The third-order valence-electron chi connectivity index (χ3n) is 3.28. The molecule has 19 heavy (non-hydrogen) atoms. The van der Waals surface area contributed by atoms with E-state index in [2.05, 4.69) is 6.07 Å². The molecular formula is C16H17Cl2N. The van der Waals surface area contributed by atoms with Crippen molar-refractivity contribution in [3.63, 3.8) is 0 Å². The monoisotopic (exact) mass is 293 g/mol. The average molecular weight is 294 g/mol. The number of rotatable bonds is 4. The van der Waals surface area contributed by atoms with Gasteiger partial charge in [-0.15, -0.1) is 0 Å². The first kappa shape index (κ1) is 14.4. The van der Waals surface area contributed by atoms with Crippen LogP contribution in [0.2, 0.25) is 10.0 Å². The Morgan fingerprint density at radius 3 is 2.26 bits per heavy atom. The Labute approximate surface area is 124 Å². The molecule has 0 radical (unpaired) electrons. The van der Waals surface area contributed by atoms with Crippen LogP contribution in [0.3, 0.4) is 0 Å². The van der Waals surface area contributed by atoms with Gasteiger partial charge < -0.3 is 5.73 Å². The molecule has 0 spiro atoms. The molecule has 2 N–H and O–H groups in total. The molecule has 0 aromatic heterocycles. The molecule has 2 unspecified atom stereocenters. The van der Waals surface area contributed by atoms with Gasteiger partial charge in [0.15, 0.2) is 0 Å².